The molecule has 0 amide bonds. The van der Waals surface area contributed by atoms with Crippen molar-refractivity contribution in [2.75, 3.05) is 0 Å². The summed E-state index contributed by atoms with van der Waals surface area (Å²) in [4.78, 5) is 0. The predicted octanol–water partition coefficient (Wildman–Crippen LogP) is 2.19. The highest BCUT2D eigenvalue weighted by atomic mass is 35.5. The van der Waals surface area contributed by atoms with Crippen LogP contribution in [0.2, 0.25) is 5.15 Å². The SMILES string of the molecule is Cc1nn(C)c(Cl)c1CNC1CC=CC1. The number of nitrogens with one attached hydrogen (secondary N) is 1. The fourth-order valence-corrected chi connectivity index (χ4v) is 2.15. The van der Waals surface area contributed by atoms with E-state index in [1.165, 1.54) is 0 Å². The standard InChI is InChI=1S/C11H16ClN3/c1-8-10(11(12)15(2)14-8)7-13-9-5-3-4-6-9/h3-4,9,13H,5-7H2,1-2H3. The van der Waals surface area contributed by atoms with Gasteiger partial charge in [0.05, 0.1) is 5.69 Å². The first-order valence-corrected chi connectivity index (χ1v) is 5.62. The van der Waals surface area contributed by atoms with Gasteiger partial charge in [-0.3, -0.25) is 4.68 Å². The molecule has 1 aromatic rings. The summed E-state index contributed by atoms with van der Waals surface area (Å²) in [6.45, 7) is 2.81. The molecule has 3 nitrogen and oxygen atoms in total. The smallest absolute Gasteiger partial charge is 0.131 e. The van der Waals surface area contributed by atoms with Crippen molar-refractivity contribution in [2.45, 2.75) is 32.4 Å². The van der Waals surface area contributed by atoms with E-state index in [4.69, 9.17) is 11.6 Å². The first-order chi connectivity index (χ1) is 7.18. The van der Waals surface area contributed by atoms with Crippen LogP contribution in [0.5, 0.6) is 0 Å². The maximum atomic E-state index is 6.14. The lowest BCUT2D eigenvalue weighted by atomic mass is 10.2. The van der Waals surface area contributed by atoms with Crippen LogP contribution in [0.15, 0.2) is 12.2 Å². The van der Waals surface area contributed by atoms with E-state index in [1.54, 1.807) is 4.68 Å². The number of nitrogens with zero attached hydrogens (tertiary/aromatic N) is 2. The molecule has 0 aromatic carbocycles. The Balaban J connectivity index is 1.98. The zero-order valence-corrected chi connectivity index (χ0v) is 9.88. The summed E-state index contributed by atoms with van der Waals surface area (Å²) in [7, 11) is 1.87. The van der Waals surface area contributed by atoms with Gasteiger partial charge in [0.15, 0.2) is 0 Å². The Morgan fingerprint density at radius 1 is 1.53 bits per heavy atom. The Morgan fingerprint density at radius 2 is 2.20 bits per heavy atom. The molecular formula is C11H16ClN3. The third-order valence-electron chi connectivity index (χ3n) is 2.85. The molecule has 0 saturated carbocycles. The molecular weight excluding hydrogens is 210 g/mol. The van der Waals surface area contributed by atoms with E-state index < -0.39 is 0 Å². The minimum Gasteiger partial charge on any atom is -0.309 e. The number of hydrogen-bond acceptors (Lipinski definition) is 2. The first kappa shape index (κ1) is 10.7. The summed E-state index contributed by atoms with van der Waals surface area (Å²) < 4.78 is 1.72. The van der Waals surface area contributed by atoms with E-state index in [0.717, 1.165) is 35.8 Å². The van der Waals surface area contributed by atoms with Crippen LogP contribution in [-0.2, 0) is 13.6 Å². The van der Waals surface area contributed by atoms with Gasteiger partial charge in [-0.25, -0.2) is 0 Å². The van der Waals surface area contributed by atoms with Crippen molar-refractivity contribution in [3.8, 4) is 0 Å². The maximum absolute atomic E-state index is 6.14. The molecule has 0 fully saturated rings. The number of hydrogen-bond donors (Lipinski definition) is 1. The molecule has 0 bridgehead atoms. The molecule has 0 saturated heterocycles. The molecule has 2 rings (SSSR count). The molecule has 0 unspecified atom stereocenters. The minimum absolute atomic E-state index is 0.570. The summed E-state index contributed by atoms with van der Waals surface area (Å²) in [5.41, 5.74) is 2.13. The fourth-order valence-electron chi connectivity index (χ4n) is 1.90. The van der Waals surface area contributed by atoms with Gasteiger partial charge >= 0.3 is 0 Å². The van der Waals surface area contributed by atoms with Crippen molar-refractivity contribution in [3.05, 3.63) is 28.6 Å². The first-order valence-electron chi connectivity index (χ1n) is 5.25. The van der Waals surface area contributed by atoms with E-state index in [2.05, 4.69) is 22.6 Å². The highest BCUT2D eigenvalue weighted by molar-refractivity contribution is 6.30. The highest BCUT2D eigenvalue weighted by Crippen LogP contribution is 2.19. The molecule has 0 spiro atoms. The Labute approximate surface area is 95.1 Å². The lowest BCUT2D eigenvalue weighted by Crippen LogP contribution is -2.25. The topological polar surface area (TPSA) is 29.9 Å². The van der Waals surface area contributed by atoms with Gasteiger partial charge in [-0.1, -0.05) is 23.8 Å². The summed E-state index contributed by atoms with van der Waals surface area (Å²) in [5.74, 6) is 0. The Morgan fingerprint density at radius 3 is 2.73 bits per heavy atom. The number of aromatic nitrogens is 2. The van der Waals surface area contributed by atoms with Gasteiger partial charge < -0.3 is 5.32 Å². The lowest BCUT2D eigenvalue weighted by Gasteiger charge is -2.11. The summed E-state index contributed by atoms with van der Waals surface area (Å²) >= 11 is 6.14. The Bertz CT molecular complexity index is 373. The molecule has 1 aliphatic rings. The molecule has 15 heavy (non-hydrogen) atoms. The molecule has 1 aromatic heterocycles. The minimum atomic E-state index is 0.570. The quantitative estimate of drug-likeness (QED) is 0.800. The average molecular weight is 226 g/mol. The normalized spacial score (nSPS) is 16.5. The van der Waals surface area contributed by atoms with Gasteiger partial charge in [0.2, 0.25) is 0 Å². The van der Waals surface area contributed by atoms with Crippen LogP contribution in [0.1, 0.15) is 24.1 Å². The van der Waals surface area contributed by atoms with Gasteiger partial charge in [-0.15, -0.1) is 0 Å². The van der Waals surface area contributed by atoms with Gasteiger partial charge in [-0.05, 0) is 19.8 Å². The second-order valence-electron chi connectivity index (χ2n) is 4.00. The second-order valence-corrected chi connectivity index (χ2v) is 4.36. The highest BCUT2D eigenvalue weighted by Gasteiger charge is 2.14. The van der Waals surface area contributed by atoms with E-state index in [1.807, 2.05) is 14.0 Å². The van der Waals surface area contributed by atoms with Crippen molar-refractivity contribution in [3.63, 3.8) is 0 Å². The molecule has 1 aliphatic carbocycles. The van der Waals surface area contributed by atoms with E-state index in [0.29, 0.717) is 6.04 Å². The third-order valence-corrected chi connectivity index (χ3v) is 3.32. The van der Waals surface area contributed by atoms with E-state index >= 15 is 0 Å². The van der Waals surface area contributed by atoms with Crippen LogP contribution < -0.4 is 5.32 Å². The molecule has 1 heterocycles. The van der Waals surface area contributed by atoms with Crippen LogP contribution >= 0.6 is 11.6 Å². The van der Waals surface area contributed by atoms with Crippen molar-refractivity contribution in [2.24, 2.45) is 7.05 Å². The number of halogens is 1. The third kappa shape index (κ3) is 2.24. The van der Waals surface area contributed by atoms with Crippen LogP contribution in [-0.4, -0.2) is 15.8 Å². The van der Waals surface area contributed by atoms with E-state index in [-0.39, 0.29) is 0 Å². The Hall–Kier alpha value is -0.800. The number of aryl methyl sites for hydroxylation is 2. The summed E-state index contributed by atoms with van der Waals surface area (Å²) in [6, 6.07) is 0.570. The van der Waals surface area contributed by atoms with Crippen LogP contribution in [0, 0.1) is 6.92 Å². The number of rotatable bonds is 3. The van der Waals surface area contributed by atoms with Crippen molar-refractivity contribution < 1.29 is 0 Å². The molecule has 0 aliphatic heterocycles. The summed E-state index contributed by atoms with van der Waals surface area (Å²) in [5, 5.41) is 8.52. The maximum Gasteiger partial charge on any atom is 0.131 e. The molecule has 4 heteroatoms. The monoisotopic (exact) mass is 225 g/mol. The van der Waals surface area contributed by atoms with Crippen LogP contribution in [0.4, 0.5) is 0 Å². The fraction of sp³-hybridized carbons (Fsp3) is 0.545. The molecule has 0 radical (unpaired) electrons. The second kappa shape index (κ2) is 4.37. The van der Waals surface area contributed by atoms with Crippen LogP contribution in [0.3, 0.4) is 0 Å². The average Bonchev–Trinajstić information content (AvgIpc) is 2.76. The Kier molecular flexibility index (Phi) is 3.12. The van der Waals surface area contributed by atoms with Gasteiger partial charge in [0.25, 0.3) is 0 Å². The molecule has 0 atom stereocenters. The predicted molar refractivity (Wildman–Crippen MR) is 62.0 cm³/mol. The van der Waals surface area contributed by atoms with Gasteiger partial charge in [0, 0.05) is 25.2 Å². The molecule has 1 N–H and O–H groups in total. The van der Waals surface area contributed by atoms with Crippen molar-refractivity contribution in [1.82, 2.24) is 15.1 Å². The lowest BCUT2D eigenvalue weighted by molar-refractivity contribution is 0.537. The molecule has 82 valence electrons. The zero-order valence-electron chi connectivity index (χ0n) is 9.13. The zero-order chi connectivity index (χ0) is 10.8. The van der Waals surface area contributed by atoms with Crippen molar-refractivity contribution in [1.29, 1.82) is 0 Å². The van der Waals surface area contributed by atoms with Gasteiger partial charge in [-0.2, -0.15) is 5.10 Å². The largest absolute Gasteiger partial charge is 0.309 e. The summed E-state index contributed by atoms with van der Waals surface area (Å²) in [6.07, 6.45) is 6.68. The van der Waals surface area contributed by atoms with Crippen molar-refractivity contribution >= 4 is 11.6 Å². The van der Waals surface area contributed by atoms with E-state index in [9.17, 15) is 0 Å². The van der Waals surface area contributed by atoms with Crippen LogP contribution in [0.25, 0.3) is 0 Å². The van der Waals surface area contributed by atoms with Gasteiger partial charge in [0.1, 0.15) is 5.15 Å².